The number of hydrogen-bond acceptors (Lipinski definition) is 9. The lowest BCUT2D eigenvalue weighted by Crippen LogP contribution is -2.34. The number of hydrogen-bond donors (Lipinski definition) is 3. The average molecular weight is 1130 g/mol. The lowest BCUT2D eigenvalue weighted by atomic mass is 9.90. The summed E-state index contributed by atoms with van der Waals surface area (Å²) in [6.07, 6.45) is 19.8. The molecule has 11 heteroatoms. The van der Waals surface area contributed by atoms with Crippen molar-refractivity contribution in [2.45, 2.75) is 81.1 Å². The number of rotatable bonds is 4. The number of methoxy groups -OCH3 is 1. The molecule has 0 amide bonds. The van der Waals surface area contributed by atoms with Crippen LogP contribution in [0.1, 0.15) is 76.8 Å². The van der Waals surface area contributed by atoms with E-state index in [1.165, 1.54) is 78.3 Å². The molecule has 9 aromatic rings. The Morgan fingerprint density at radius 1 is 0.711 bits per heavy atom. The summed E-state index contributed by atoms with van der Waals surface area (Å²) >= 11 is 4.82. The third-order valence-electron chi connectivity index (χ3n) is 14.1. The zero-order chi connectivity index (χ0) is 60.2. The van der Waals surface area contributed by atoms with Crippen LogP contribution >= 0.6 is 12.2 Å². The molecular formula is C72H85N6O4S+. The molecule has 0 fully saturated rings. The van der Waals surface area contributed by atoms with Crippen LogP contribution in [0.5, 0.6) is 5.75 Å². The Bertz CT molecular complexity index is 3770. The van der Waals surface area contributed by atoms with E-state index in [0.29, 0.717) is 5.56 Å². The standard InChI is InChI=1S/C16H17NO2.C15H17N.C12H12.C10H15NO.C7H9N.C6H8NO.C6H7NS/c1-10-8-12-9-11-4-2-6-17-7-3-5-13(14(11)17)15(12)19-16(10)18;1-4-7-12-10-11-15(16(2)3)14-9-6-5-8-13(12)14;1-9-3-5-12-8-10(2)4-6-11(12)7-9;1-8-5-6-9(11(2)3)7-10(8)12-4;1-6-4-3-5-7(2)8-6;1-6-2-4-7(8)5-3-6;1-5-2-3-6(8)7-4-5/h8-9H,2-7H2,1H3;4-11H,1-3H3;3-8H,1-2H3;5-7H,1-4H3;3-5,8H,1H2,2H3;2-5,8H,1H3;2-4H,1H3,(H,7,8)/q;;;;;+1;/b;7-4+;;;;;. The summed E-state index contributed by atoms with van der Waals surface area (Å²) in [6.45, 7) is 22.2. The summed E-state index contributed by atoms with van der Waals surface area (Å²) in [5, 5.41) is 18.1. The van der Waals surface area contributed by atoms with Crippen LogP contribution in [0.15, 0.2) is 197 Å². The minimum atomic E-state index is -0.198. The van der Waals surface area contributed by atoms with Gasteiger partial charge in [0, 0.05) is 121 Å². The smallest absolute Gasteiger partial charge is 0.339 e. The second kappa shape index (κ2) is 31.0. The Hall–Kier alpha value is -8.67. The van der Waals surface area contributed by atoms with Crippen molar-refractivity contribution in [3.05, 3.63) is 253 Å². The highest BCUT2D eigenvalue weighted by atomic mass is 32.1. The third-order valence-corrected chi connectivity index (χ3v) is 14.4. The Labute approximate surface area is 498 Å². The molecule has 0 aliphatic carbocycles. The lowest BCUT2D eigenvalue weighted by molar-refractivity contribution is -0.904. The first kappa shape index (κ1) is 63.5. The topological polar surface area (TPSA) is 101 Å². The van der Waals surface area contributed by atoms with Crippen molar-refractivity contribution < 1.29 is 19.1 Å². The van der Waals surface area contributed by atoms with Gasteiger partial charge in [-0.15, -0.1) is 0 Å². The monoisotopic (exact) mass is 1130 g/mol. The number of anilines is 3. The molecule has 0 spiro atoms. The number of nitrogens with zero attached hydrogens (tertiary/aromatic N) is 4. The molecule has 10 nitrogen and oxygen atoms in total. The fraction of sp³-hybridized carbons (Fsp3) is 0.264. The minimum absolute atomic E-state index is 0.198. The Balaban J connectivity index is 0.000000160. The highest BCUT2D eigenvalue weighted by Gasteiger charge is 2.27. The molecule has 432 valence electrons. The van der Waals surface area contributed by atoms with E-state index in [0.717, 1.165) is 81.1 Å². The molecule has 0 radical (unpaired) electrons. The van der Waals surface area contributed by atoms with Crippen LogP contribution in [0.2, 0.25) is 0 Å². The molecule has 6 heterocycles. The Morgan fingerprint density at radius 3 is 1.92 bits per heavy atom. The van der Waals surface area contributed by atoms with Crippen molar-refractivity contribution in [3.8, 4) is 5.75 Å². The molecule has 0 atom stereocenters. The van der Waals surface area contributed by atoms with Gasteiger partial charge in [0.25, 0.3) is 0 Å². The second-order valence-corrected chi connectivity index (χ2v) is 22.0. The van der Waals surface area contributed by atoms with Crippen molar-refractivity contribution >= 4 is 67.9 Å². The highest BCUT2D eigenvalue weighted by molar-refractivity contribution is 7.71. The molecule has 0 saturated carbocycles. The molecule has 12 rings (SSSR count). The molecule has 3 aliphatic heterocycles. The largest absolute Gasteiger partial charge is 0.496 e. The number of aryl methyl sites for hydroxylation is 8. The van der Waals surface area contributed by atoms with E-state index in [1.807, 2.05) is 110 Å². The number of nitrogens with one attached hydrogen (secondary N) is 2. The quantitative estimate of drug-likeness (QED) is 0.0688. The van der Waals surface area contributed by atoms with Gasteiger partial charge in [-0.1, -0.05) is 127 Å². The van der Waals surface area contributed by atoms with Crippen molar-refractivity contribution in [1.82, 2.24) is 10.3 Å². The normalized spacial score (nSPS) is 12.6. The number of pyridine rings is 2. The van der Waals surface area contributed by atoms with Crippen LogP contribution in [0.3, 0.4) is 0 Å². The van der Waals surface area contributed by atoms with Crippen LogP contribution in [0, 0.1) is 46.2 Å². The van der Waals surface area contributed by atoms with E-state index in [1.54, 1.807) is 19.5 Å². The summed E-state index contributed by atoms with van der Waals surface area (Å²) in [4.78, 5) is 21.4. The summed E-state index contributed by atoms with van der Waals surface area (Å²) in [7, 11) is 9.89. The molecule has 83 heavy (non-hydrogen) atoms. The van der Waals surface area contributed by atoms with Gasteiger partial charge in [0.05, 0.1) is 7.11 Å². The molecular weight excluding hydrogens is 1040 g/mol. The van der Waals surface area contributed by atoms with E-state index in [2.05, 4.69) is 170 Å². The van der Waals surface area contributed by atoms with Crippen LogP contribution in [-0.4, -0.2) is 58.6 Å². The molecule has 3 aromatic heterocycles. The molecule has 0 unspecified atom stereocenters. The number of dihydropyridines is 1. The average Bonchev–Trinajstić information content (AvgIpc) is 2.42. The maximum atomic E-state index is 11.8. The lowest BCUT2D eigenvalue weighted by Gasteiger charge is -2.37. The summed E-state index contributed by atoms with van der Waals surface area (Å²) < 4.78 is 12.6. The number of aromatic nitrogens is 2. The van der Waals surface area contributed by atoms with E-state index >= 15 is 0 Å². The Kier molecular flexibility index (Phi) is 23.7. The van der Waals surface area contributed by atoms with Crippen LogP contribution in [0.25, 0.3) is 38.6 Å². The van der Waals surface area contributed by atoms with Crippen LogP contribution in [0.4, 0.5) is 17.1 Å². The predicted molar refractivity (Wildman–Crippen MR) is 355 cm³/mol. The zero-order valence-electron chi connectivity index (χ0n) is 51.1. The minimum Gasteiger partial charge on any atom is -0.496 e. The van der Waals surface area contributed by atoms with Crippen molar-refractivity contribution in [2.24, 2.45) is 0 Å². The summed E-state index contributed by atoms with van der Waals surface area (Å²) in [5.41, 5.74) is 17.4. The van der Waals surface area contributed by atoms with Gasteiger partial charge >= 0.3 is 5.63 Å². The third kappa shape index (κ3) is 18.7. The number of fused-ring (bicyclic) bond motifs is 4. The van der Waals surface area contributed by atoms with E-state index in [-0.39, 0.29) is 5.63 Å². The maximum Gasteiger partial charge on any atom is 0.339 e. The summed E-state index contributed by atoms with van der Waals surface area (Å²) in [5.74, 6) is 0.946. The van der Waals surface area contributed by atoms with Crippen molar-refractivity contribution in [2.75, 3.05) is 63.1 Å². The SMILES string of the molecule is C/C=C/c1ccc(N(C)C)c2ccccc12.C=C1C=CC=C(C)N1.COc1cc(N(C)C)ccc1C.Cc1cc2cc3c4c(c2oc1=O)CCCN4CCC3.Cc1cc[n+](O)cc1.Cc1ccc(=S)[nH]c1.Cc1ccc2cc(C)ccc2c1. The maximum absolute atomic E-state index is 11.8. The Morgan fingerprint density at radius 2 is 1.36 bits per heavy atom. The van der Waals surface area contributed by atoms with Crippen LogP contribution < -0.4 is 35.1 Å². The zero-order valence-corrected chi connectivity index (χ0v) is 51.9. The first-order valence-corrected chi connectivity index (χ1v) is 28.7. The number of allylic oxidation sites excluding steroid dienone is 5. The first-order chi connectivity index (χ1) is 39.7. The van der Waals surface area contributed by atoms with Gasteiger partial charge in [-0.05, 0) is 168 Å². The molecule has 0 bridgehead atoms. The number of aromatic amines is 1. The fourth-order valence-electron chi connectivity index (χ4n) is 9.77. The molecule has 3 aliphatic rings. The number of benzene rings is 6. The highest BCUT2D eigenvalue weighted by Crippen LogP contribution is 2.40. The second-order valence-electron chi connectivity index (χ2n) is 21.6. The van der Waals surface area contributed by atoms with E-state index in [9.17, 15) is 4.79 Å². The number of H-pyrrole nitrogens is 1. The molecule has 6 aromatic carbocycles. The van der Waals surface area contributed by atoms with Gasteiger partial charge in [-0.25, -0.2) is 4.79 Å². The van der Waals surface area contributed by atoms with Gasteiger partial charge in [0.1, 0.15) is 16.0 Å². The van der Waals surface area contributed by atoms with Gasteiger partial charge in [-0.3, -0.25) is 5.21 Å². The van der Waals surface area contributed by atoms with E-state index in [4.69, 9.17) is 26.6 Å². The predicted octanol–water partition coefficient (Wildman–Crippen LogP) is 16.4. The van der Waals surface area contributed by atoms with Gasteiger partial charge in [0.2, 0.25) is 12.4 Å². The number of ether oxygens (including phenoxy) is 1. The molecule has 3 N–H and O–H groups in total. The van der Waals surface area contributed by atoms with E-state index < -0.39 is 0 Å². The van der Waals surface area contributed by atoms with Gasteiger partial charge < -0.3 is 34.2 Å². The summed E-state index contributed by atoms with van der Waals surface area (Å²) in [6, 6.07) is 43.9. The fourth-order valence-corrected chi connectivity index (χ4v) is 9.90. The van der Waals surface area contributed by atoms with Gasteiger partial charge in [-0.2, -0.15) is 0 Å². The molecule has 0 saturated heterocycles. The van der Waals surface area contributed by atoms with Crippen LogP contribution in [-0.2, 0) is 12.8 Å². The van der Waals surface area contributed by atoms with Crippen molar-refractivity contribution in [1.29, 1.82) is 0 Å². The van der Waals surface area contributed by atoms with Gasteiger partial charge in [0.15, 0.2) is 0 Å². The van der Waals surface area contributed by atoms with Crippen molar-refractivity contribution in [3.63, 3.8) is 0 Å². The first-order valence-electron chi connectivity index (χ1n) is 28.3.